The normalized spacial score (nSPS) is 17.7. The molecule has 37 heavy (non-hydrogen) atoms. The molecule has 13 heteroatoms. The van der Waals surface area contributed by atoms with Gasteiger partial charge in [-0.2, -0.15) is 0 Å². The maximum Gasteiger partial charge on any atom is 0.257 e. The van der Waals surface area contributed by atoms with E-state index in [9.17, 15) is 14.7 Å². The standard InChI is InChI=1S/C24H25Cl2N5O6/c1-4-18(33)28-14-10-37-11-15(14)29-24-27-9-12-7-13(23(34)30-22(12)31(24)5-6-32)19-20(25)16(35-2)8-17(36-3)21(19)26/h4,7-9,14-15,32H,1,5-6,10-11H2,2-3H3,(H,28,33)(H,30,34)/t14-,15+/m0/s1. The van der Waals surface area contributed by atoms with Gasteiger partial charge in [0, 0.05) is 23.2 Å². The Morgan fingerprint density at radius 2 is 2.03 bits per heavy atom. The van der Waals surface area contributed by atoms with Gasteiger partial charge in [0.05, 0.1) is 68.3 Å². The molecule has 1 saturated heterocycles. The predicted molar refractivity (Wildman–Crippen MR) is 138 cm³/mol. The second-order valence-electron chi connectivity index (χ2n) is 8.09. The number of hydrogen-bond acceptors (Lipinski definition) is 8. The third-order valence-electron chi connectivity index (χ3n) is 5.89. The molecule has 0 aliphatic carbocycles. The molecule has 3 heterocycles. The van der Waals surface area contributed by atoms with Crippen molar-refractivity contribution in [1.82, 2.24) is 19.9 Å². The molecule has 11 nitrogen and oxygen atoms in total. The van der Waals surface area contributed by atoms with Crippen LogP contribution in [0.2, 0.25) is 10.0 Å². The van der Waals surface area contributed by atoms with E-state index in [0.29, 0.717) is 11.0 Å². The smallest absolute Gasteiger partial charge is 0.257 e. The van der Waals surface area contributed by atoms with E-state index in [1.54, 1.807) is 10.6 Å². The minimum absolute atomic E-state index is 0.101. The fraction of sp³-hybridized carbons (Fsp3) is 0.333. The van der Waals surface area contributed by atoms with Gasteiger partial charge in [-0.15, -0.1) is 0 Å². The van der Waals surface area contributed by atoms with Gasteiger partial charge in [-0.05, 0) is 12.1 Å². The van der Waals surface area contributed by atoms with Crippen LogP contribution in [0.25, 0.3) is 22.2 Å². The number of hydrogen-bond donors (Lipinski definition) is 3. The number of pyridine rings is 1. The number of aromatic amines is 1. The number of carbonyl (C=O) groups is 1. The number of H-pyrrole nitrogens is 1. The first-order valence-electron chi connectivity index (χ1n) is 11.2. The molecule has 0 spiro atoms. The van der Waals surface area contributed by atoms with Gasteiger partial charge >= 0.3 is 0 Å². The summed E-state index contributed by atoms with van der Waals surface area (Å²) in [6, 6.07) is 2.33. The Kier molecular flexibility index (Phi) is 8.18. The number of nitrogens with zero attached hydrogens (tertiary/aromatic N) is 3. The Morgan fingerprint density at radius 1 is 1.32 bits per heavy atom. The SMILES string of the molecule is C=CC(=O)N[C@H]1COC[C@H]1N=c1ncc2cc(-c3c(Cl)c(OC)cc(OC)c3Cl)c(=O)[nH]c2n1CCO. The molecular weight excluding hydrogens is 525 g/mol. The molecule has 2 aromatic heterocycles. The van der Waals surface area contributed by atoms with E-state index in [-0.39, 0.29) is 76.6 Å². The average molecular weight is 550 g/mol. The summed E-state index contributed by atoms with van der Waals surface area (Å²) in [4.78, 5) is 37.0. The number of carbonyl (C=O) groups excluding carboxylic acids is 1. The van der Waals surface area contributed by atoms with Gasteiger partial charge in [0.25, 0.3) is 5.56 Å². The van der Waals surface area contributed by atoms with Crippen LogP contribution in [0.3, 0.4) is 0 Å². The first-order valence-corrected chi connectivity index (χ1v) is 12.0. The van der Waals surface area contributed by atoms with Crippen LogP contribution < -0.4 is 26.0 Å². The molecule has 2 atom stereocenters. The number of benzene rings is 1. The van der Waals surface area contributed by atoms with Gasteiger partial charge < -0.3 is 29.6 Å². The monoisotopic (exact) mass is 549 g/mol. The minimum Gasteiger partial charge on any atom is -0.495 e. The summed E-state index contributed by atoms with van der Waals surface area (Å²) in [7, 11) is 2.89. The van der Waals surface area contributed by atoms with Gasteiger partial charge in [-0.25, -0.2) is 9.98 Å². The lowest BCUT2D eigenvalue weighted by Gasteiger charge is -2.17. The molecule has 196 valence electrons. The van der Waals surface area contributed by atoms with E-state index in [4.69, 9.17) is 37.4 Å². The molecule has 1 aromatic carbocycles. The van der Waals surface area contributed by atoms with E-state index in [0.717, 1.165) is 0 Å². The Balaban J connectivity index is 1.88. The minimum atomic E-state index is -0.490. The lowest BCUT2D eigenvalue weighted by atomic mass is 10.0. The molecule has 1 amide bonds. The lowest BCUT2D eigenvalue weighted by Crippen LogP contribution is -2.42. The first kappa shape index (κ1) is 26.7. The van der Waals surface area contributed by atoms with Crippen molar-refractivity contribution in [2.75, 3.05) is 34.0 Å². The third kappa shape index (κ3) is 5.21. The number of amides is 1. The van der Waals surface area contributed by atoms with Crippen LogP contribution in [0.5, 0.6) is 11.5 Å². The fourth-order valence-corrected chi connectivity index (χ4v) is 4.78. The molecule has 0 saturated carbocycles. The van der Waals surface area contributed by atoms with Gasteiger partial charge in [0.2, 0.25) is 11.5 Å². The van der Waals surface area contributed by atoms with Crippen molar-refractivity contribution in [2.24, 2.45) is 4.99 Å². The molecular formula is C24H25Cl2N5O6. The Hall–Kier alpha value is -3.38. The zero-order valence-electron chi connectivity index (χ0n) is 20.1. The summed E-state index contributed by atoms with van der Waals surface area (Å²) < 4.78 is 17.7. The number of methoxy groups -OCH3 is 2. The summed E-state index contributed by atoms with van der Waals surface area (Å²) >= 11 is 13.1. The first-order chi connectivity index (χ1) is 17.8. The number of nitrogens with one attached hydrogen (secondary N) is 2. The van der Waals surface area contributed by atoms with Crippen LogP contribution >= 0.6 is 23.2 Å². The molecule has 0 bridgehead atoms. The van der Waals surface area contributed by atoms with E-state index in [1.165, 1.54) is 32.6 Å². The number of rotatable bonds is 8. The van der Waals surface area contributed by atoms with Gasteiger partial charge in [0.1, 0.15) is 17.1 Å². The summed E-state index contributed by atoms with van der Waals surface area (Å²) in [5.74, 6) is 0.239. The Bertz CT molecular complexity index is 1460. The molecule has 4 rings (SSSR count). The number of halogens is 2. The molecule has 1 fully saturated rings. The number of aromatic nitrogens is 3. The zero-order valence-corrected chi connectivity index (χ0v) is 21.6. The fourth-order valence-electron chi connectivity index (χ4n) is 4.08. The number of aliphatic hydroxyl groups is 1. The van der Waals surface area contributed by atoms with E-state index in [1.807, 2.05) is 0 Å². The van der Waals surface area contributed by atoms with Crippen molar-refractivity contribution in [3.05, 3.63) is 57.0 Å². The highest BCUT2D eigenvalue weighted by Crippen LogP contribution is 2.45. The number of fused-ring (bicyclic) bond motifs is 1. The summed E-state index contributed by atoms with van der Waals surface area (Å²) in [6.07, 6.45) is 2.71. The predicted octanol–water partition coefficient (Wildman–Crippen LogP) is 1.68. The highest BCUT2D eigenvalue weighted by molar-refractivity contribution is 6.41. The highest BCUT2D eigenvalue weighted by atomic mass is 35.5. The quantitative estimate of drug-likeness (QED) is 0.363. The van der Waals surface area contributed by atoms with Gasteiger partial charge in [-0.3, -0.25) is 14.2 Å². The lowest BCUT2D eigenvalue weighted by molar-refractivity contribution is -0.117. The second kappa shape index (κ2) is 11.3. The third-order valence-corrected chi connectivity index (χ3v) is 6.64. The van der Waals surface area contributed by atoms with Crippen LogP contribution in [-0.4, -0.2) is 71.7 Å². The zero-order chi connectivity index (χ0) is 26.7. The Morgan fingerprint density at radius 3 is 2.65 bits per heavy atom. The van der Waals surface area contributed by atoms with E-state index >= 15 is 0 Å². The Labute approximate surface area is 221 Å². The molecule has 0 radical (unpaired) electrons. The van der Waals surface area contributed by atoms with E-state index < -0.39 is 11.6 Å². The van der Waals surface area contributed by atoms with Crippen molar-refractivity contribution in [3.8, 4) is 22.6 Å². The maximum absolute atomic E-state index is 13.3. The van der Waals surface area contributed by atoms with Crippen molar-refractivity contribution in [3.63, 3.8) is 0 Å². The van der Waals surface area contributed by atoms with Crippen molar-refractivity contribution in [2.45, 2.75) is 18.6 Å². The van der Waals surface area contributed by atoms with E-state index in [2.05, 4.69) is 26.9 Å². The van der Waals surface area contributed by atoms with Crippen molar-refractivity contribution in [1.29, 1.82) is 0 Å². The topological polar surface area (TPSA) is 140 Å². The molecule has 0 unspecified atom stereocenters. The number of aliphatic hydroxyl groups excluding tert-OH is 1. The maximum atomic E-state index is 13.3. The van der Waals surface area contributed by atoms with Crippen LogP contribution in [-0.2, 0) is 16.1 Å². The average Bonchev–Trinajstić information content (AvgIpc) is 3.32. The van der Waals surface area contributed by atoms with Crippen molar-refractivity contribution >= 4 is 40.1 Å². The summed E-state index contributed by atoms with van der Waals surface area (Å²) in [5.41, 5.74) is 0.560. The van der Waals surface area contributed by atoms with Crippen LogP contribution in [0.4, 0.5) is 0 Å². The van der Waals surface area contributed by atoms with Crippen LogP contribution in [0.1, 0.15) is 0 Å². The molecule has 1 aliphatic rings. The highest BCUT2D eigenvalue weighted by Gasteiger charge is 2.29. The van der Waals surface area contributed by atoms with Crippen LogP contribution in [0.15, 0.2) is 40.8 Å². The molecule has 1 aliphatic heterocycles. The molecule has 3 aromatic rings. The molecule has 3 N–H and O–H groups in total. The summed E-state index contributed by atoms with van der Waals surface area (Å²) in [6.45, 7) is 3.88. The van der Waals surface area contributed by atoms with Gasteiger partial charge in [0.15, 0.2) is 0 Å². The second-order valence-corrected chi connectivity index (χ2v) is 8.84. The largest absolute Gasteiger partial charge is 0.495 e. The number of ether oxygens (including phenoxy) is 3. The van der Waals surface area contributed by atoms with Crippen molar-refractivity contribution < 1.29 is 24.1 Å². The van der Waals surface area contributed by atoms with Gasteiger partial charge in [-0.1, -0.05) is 29.8 Å². The summed E-state index contributed by atoms with van der Waals surface area (Å²) in [5, 5.41) is 13.3. The van der Waals surface area contributed by atoms with Crippen LogP contribution in [0, 0.1) is 0 Å².